The van der Waals surface area contributed by atoms with Gasteiger partial charge in [0.2, 0.25) is 0 Å². The predicted octanol–water partition coefficient (Wildman–Crippen LogP) is 2.75. The van der Waals surface area contributed by atoms with Gasteiger partial charge in [0, 0.05) is 44.9 Å². The molecule has 3 heterocycles. The molecule has 1 aromatic carbocycles. The number of benzene rings is 1. The molecule has 148 valence electrons. The highest BCUT2D eigenvalue weighted by molar-refractivity contribution is 5.87. The number of ether oxygens (including phenoxy) is 2. The van der Waals surface area contributed by atoms with E-state index in [-0.39, 0.29) is 0 Å². The molecule has 0 aliphatic carbocycles. The van der Waals surface area contributed by atoms with Crippen LogP contribution in [0.2, 0.25) is 0 Å². The Bertz CT molecular complexity index is 932. The van der Waals surface area contributed by atoms with Crippen LogP contribution in [0.4, 0.5) is 5.82 Å². The van der Waals surface area contributed by atoms with Crippen LogP contribution in [0, 0.1) is 0 Å². The van der Waals surface area contributed by atoms with Crippen molar-refractivity contribution in [1.29, 1.82) is 0 Å². The van der Waals surface area contributed by atoms with Gasteiger partial charge in [-0.05, 0) is 17.5 Å². The van der Waals surface area contributed by atoms with Gasteiger partial charge >= 0.3 is 6.01 Å². The molecular formula is C21H27N5O2. The van der Waals surface area contributed by atoms with E-state index < -0.39 is 0 Å². The average Bonchev–Trinajstić information content (AvgIpc) is 3.07. The Hall–Kier alpha value is -2.64. The Labute approximate surface area is 164 Å². The van der Waals surface area contributed by atoms with Crippen molar-refractivity contribution < 1.29 is 9.47 Å². The minimum atomic E-state index is 0.340. The number of nitrogens with zero attached hydrogens (tertiary/aromatic N) is 3. The summed E-state index contributed by atoms with van der Waals surface area (Å²) in [7, 11) is 1.78. The summed E-state index contributed by atoms with van der Waals surface area (Å²) in [4.78, 5) is 14.4. The molecule has 0 saturated carbocycles. The van der Waals surface area contributed by atoms with Crippen LogP contribution in [0.1, 0.15) is 30.0 Å². The quantitative estimate of drug-likeness (QED) is 0.624. The number of anilines is 1. The molecule has 0 unspecified atom stereocenters. The van der Waals surface area contributed by atoms with Crippen molar-refractivity contribution in [2.75, 3.05) is 32.5 Å². The summed E-state index contributed by atoms with van der Waals surface area (Å²) < 4.78 is 10.9. The maximum absolute atomic E-state index is 6.06. The number of aromatic amines is 1. The highest BCUT2D eigenvalue weighted by atomic mass is 16.5. The van der Waals surface area contributed by atoms with Crippen LogP contribution in [0.15, 0.2) is 30.5 Å². The molecular weight excluding hydrogens is 354 g/mol. The highest BCUT2D eigenvalue weighted by Crippen LogP contribution is 2.25. The molecule has 7 heteroatoms. The van der Waals surface area contributed by atoms with Crippen LogP contribution >= 0.6 is 0 Å². The number of nitrogens with one attached hydrogen (secondary N) is 1. The van der Waals surface area contributed by atoms with Crippen molar-refractivity contribution in [2.24, 2.45) is 0 Å². The lowest BCUT2D eigenvalue weighted by molar-refractivity contribution is -0.0333. The van der Waals surface area contributed by atoms with Crippen molar-refractivity contribution in [3.63, 3.8) is 0 Å². The van der Waals surface area contributed by atoms with E-state index in [2.05, 4.69) is 44.1 Å². The number of nitrogens with two attached hydrogens (primary N) is 1. The van der Waals surface area contributed by atoms with Gasteiger partial charge in [0.25, 0.3) is 0 Å². The lowest BCUT2D eigenvalue weighted by atomic mass is 10.0. The fraction of sp³-hybridized carbons (Fsp3) is 0.429. The van der Waals surface area contributed by atoms with E-state index in [0.29, 0.717) is 24.5 Å². The van der Waals surface area contributed by atoms with Crippen molar-refractivity contribution in [3.8, 4) is 6.01 Å². The minimum Gasteiger partial charge on any atom is -0.463 e. The first-order valence-corrected chi connectivity index (χ1v) is 9.75. The zero-order valence-corrected chi connectivity index (χ0v) is 16.4. The smallest absolute Gasteiger partial charge is 0.319 e. The number of hydrogen-bond acceptors (Lipinski definition) is 6. The third kappa shape index (κ3) is 3.95. The van der Waals surface area contributed by atoms with Crippen molar-refractivity contribution in [2.45, 2.75) is 32.4 Å². The van der Waals surface area contributed by atoms with Crippen molar-refractivity contribution >= 4 is 16.9 Å². The monoisotopic (exact) mass is 381 g/mol. The maximum atomic E-state index is 6.06. The average molecular weight is 381 g/mol. The summed E-state index contributed by atoms with van der Waals surface area (Å²) in [6, 6.07) is 9.10. The summed E-state index contributed by atoms with van der Waals surface area (Å²) in [6.07, 6.45) is 4.02. The van der Waals surface area contributed by atoms with Gasteiger partial charge in [0.1, 0.15) is 11.0 Å². The number of nitrogen functional groups attached to an aromatic ring is 1. The van der Waals surface area contributed by atoms with Gasteiger partial charge in [0.05, 0.1) is 12.7 Å². The Morgan fingerprint density at radius 3 is 2.64 bits per heavy atom. The highest BCUT2D eigenvalue weighted by Gasteiger charge is 2.25. The summed E-state index contributed by atoms with van der Waals surface area (Å²) >= 11 is 0. The van der Waals surface area contributed by atoms with E-state index in [1.807, 2.05) is 13.1 Å². The van der Waals surface area contributed by atoms with E-state index in [1.54, 1.807) is 7.11 Å². The molecule has 7 nitrogen and oxygen atoms in total. The molecule has 1 aliphatic heterocycles. The van der Waals surface area contributed by atoms with E-state index in [9.17, 15) is 0 Å². The third-order valence-electron chi connectivity index (χ3n) is 5.13. The fourth-order valence-corrected chi connectivity index (χ4v) is 3.49. The van der Waals surface area contributed by atoms with Crippen molar-refractivity contribution in [3.05, 3.63) is 47.2 Å². The molecule has 0 bridgehead atoms. The molecule has 1 fully saturated rings. The van der Waals surface area contributed by atoms with E-state index in [1.165, 1.54) is 11.1 Å². The van der Waals surface area contributed by atoms with Crippen LogP contribution in [0.25, 0.3) is 11.0 Å². The SMILES string of the molecule is CCCOc1nc(N)c2[nH]cc(Cc3ccc(CN4CC(OC)C4)cc3)c2n1. The topological polar surface area (TPSA) is 89.3 Å². The number of fused-ring (bicyclic) bond motifs is 1. The molecule has 28 heavy (non-hydrogen) atoms. The molecule has 0 radical (unpaired) electrons. The minimum absolute atomic E-state index is 0.340. The number of rotatable bonds is 8. The van der Waals surface area contributed by atoms with Crippen molar-refractivity contribution in [1.82, 2.24) is 19.9 Å². The lowest BCUT2D eigenvalue weighted by Gasteiger charge is -2.38. The predicted molar refractivity (Wildman–Crippen MR) is 109 cm³/mol. The molecule has 3 N–H and O–H groups in total. The Balaban J connectivity index is 1.46. The van der Waals surface area contributed by atoms with Gasteiger partial charge in [-0.25, -0.2) is 0 Å². The fourth-order valence-electron chi connectivity index (χ4n) is 3.49. The Morgan fingerprint density at radius 1 is 1.18 bits per heavy atom. The lowest BCUT2D eigenvalue weighted by Crippen LogP contribution is -2.50. The number of methoxy groups -OCH3 is 1. The van der Waals surface area contributed by atoms with Gasteiger partial charge in [-0.15, -0.1) is 0 Å². The van der Waals surface area contributed by atoms with Crippen LogP contribution < -0.4 is 10.5 Å². The molecule has 1 aliphatic rings. The zero-order chi connectivity index (χ0) is 19.5. The number of aromatic nitrogens is 3. The van der Waals surface area contributed by atoms with Crippen LogP contribution in [-0.4, -0.2) is 52.8 Å². The second-order valence-corrected chi connectivity index (χ2v) is 7.32. The maximum Gasteiger partial charge on any atom is 0.319 e. The number of likely N-dealkylation sites (tertiary alicyclic amines) is 1. The second kappa shape index (κ2) is 8.16. The first-order chi connectivity index (χ1) is 13.7. The van der Waals surface area contributed by atoms with Gasteiger partial charge in [0.15, 0.2) is 5.82 Å². The van der Waals surface area contributed by atoms with Crippen LogP contribution in [0.3, 0.4) is 0 Å². The molecule has 1 saturated heterocycles. The number of H-pyrrole nitrogens is 1. The van der Waals surface area contributed by atoms with E-state index >= 15 is 0 Å². The first-order valence-electron chi connectivity index (χ1n) is 9.75. The Morgan fingerprint density at radius 2 is 1.93 bits per heavy atom. The molecule has 4 rings (SSSR count). The molecule has 0 spiro atoms. The second-order valence-electron chi connectivity index (χ2n) is 7.32. The largest absolute Gasteiger partial charge is 0.463 e. The van der Waals surface area contributed by atoms with Crippen LogP contribution in [-0.2, 0) is 17.7 Å². The van der Waals surface area contributed by atoms with E-state index in [4.69, 9.17) is 15.2 Å². The summed E-state index contributed by atoms with van der Waals surface area (Å²) in [6.45, 7) is 5.61. The molecule has 0 atom stereocenters. The van der Waals surface area contributed by atoms with Gasteiger partial charge in [-0.1, -0.05) is 31.2 Å². The number of hydrogen-bond donors (Lipinski definition) is 2. The molecule has 2 aromatic heterocycles. The summed E-state index contributed by atoms with van der Waals surface area (Å²) in [5.41, 5.74) is 11.3. The third-order valence-corrected chi connectivity index (χ3v) is 5.13. The zero-order valence-electron chi connectivity index (χ0n) is 16.4. The normalized spacial score (nSPS) is 15.1. The standard InChI is InChI=1S/C21H27N5O2/c1-3-8-28-21-24-18-16(10-23-19(18)20(22)25-21)9-14-4-6-15(7-5-14)11-26-12-17(13-26)27-2/h4-7,10,17,23H,3,8-9,11-13H2,1-2H3,(H2,22,24,25). The van der Waals surface area contributed by atoms with E-state index in [0.717, 1.165) is 49.1 Å². The molecule has 0 amide bonds. The van der Waals surface area contributed by atoms with Crippen LogP contribution in [0.5, 0.6) is 6.01 Å². The van der Waals surface area contributed by atoms with Gasteiger partial charge < -0.3 is 20.2 Å². The molecule has 3 aromatic rings. The first kappa shape index (κ1) is 18.7. The summed E-state index contributed by atoms with van der Waals surface area (Å²) in [5, 5.41) is 0. The Kier molecular flexibility index (Phi) is 5.45. The van der Waals surface area contributed by atoms with Gasteiger partial charge in [-0.2, -0.15) is 9.97 Å². The van der Waals surface area contributed by atoms with Gasteiger partial charge in [-0.3, -0.25) is 4.90 Å². The summed E-state index contributed by atoms with van der Waals surface area (Å²) in [5.74, 6) is 0.418.